The molecule has 0 N–H and O–H groups in total. The predicted octanol–water partition coefficient (Wildman–Crippen LogP) is 12.8. The van der Waals surface area contributed by atoms with Gasteiger partial charge in [-0.15, -0.1) is 59.2 Å². The van der Waals surface area contributed by atoms with Crippen LogP contribution in [0.4, 0.5) is 0 Å². The first-order valence-electron chi connectivity index (χ1n) is 19.1. The fourth-order valence-corrected chi connectivity index (χ4v) is 9.15. The van der Waals surface area contributed by atoms with Crippen LogP contribution in [-0.2, 0) is 20.1 Å². The van der Waals surface area contributed by atoms with Gasteiger partial charge in [-0.25, -0.2) is 0 Å². The molecule has 0 fully saturated rings. The van der Waals surface area contributed by atoms with Gasteiger partial charge >= 0.3 is 0 Å². The molecule has 0 atom stereocenters. The van der Waals surface area contributed by atoms with E-state index in [1.165, 1.54) is 53.7 Å². The number of hydrogen-bond donors (Lipinski definition) is 0. The number of fused-ring (bicyclic) bond motifs is 3. The van der Waals surface area contributed by atoms with Crippen LogP contribution in [0.2, 0.25) is 19.6 Å². The van der Waals surface area contributed by atoms with Crippen molar-refractivity contribution in [3.05, 3.63) is 163 Å². The fraction of sp³-hybridized carbons (Fsp3) is 0.149. The van der Waals surface area contributed by atoms with Crippen LogP contribution in [0.15, 0.2) is 140 Å². The van der Waals surface area contributed by atoms with Gasteiger partial charge in [0.1, 0.15) is 0 Å². The van der Waals surface area contributed by atoms with Crippen LogP contribution in [0, 0.1) is 19.0 Å². The summed E-state index contributed by atoms with van der Waals surface area (Å²) < 4.78 is 33.3. The largest absolute Gasteiger partial charge is 0.305 e. The Morgan fingerprint density at radius 2 is 1.42 bits per heavy atom. The van der Waals surface area contributed by atoms with Crippen molar-refractivity contribution >= 4 is 44.8 Å². The van der Waals surface area contributed by atoms with E-state index in [1.54, 1.807) is 12.1 Å². The summed E-state index contributed by atoms with van der Waals surface area (Å²) in [4.78, 5) is 9.26. The standard InChI is InChI=1S/C29H18NS.C18H24NSi.Ir/c1-3-8-20(9-4-1)22-14-15-24-25-12-7-13-26(29(25)31-28(24)19-22)27-18-23(16-17-30-27)21-10-5-2-6-11-21;1-13(2)16-11-17(15-9-7-14(3)8-10-15)19-12-18(16)20(4,5)6;/h1-12,14-19H;7-9,11-13H,1-6H3;/q2*-1;/i;3D3,13D;. The zero-order chi connectivity index (χ0) is 39.0. The van der Waals surface area contributed by atoms with Crippen LogP contribution in [-0.4, -0.2) is 18.0 Å². The monoisotopic (exact) mass is 891 g/mol. The Morgan fingerprint density at radius 1 is 0.712 bits per heavy atom. The zero-order valence-corrected chi connectivity index (χ0v) is 34.1. The Bertz CT molecular complexity index is 2590. The Balaban J connectivity index is 0.000000194. The first-order valence-corrected chi connectivity index (χ1v) is 21.5. The van der Waals surface area contributed by atoms with E-state index in [1.807, 2.05) is 55.8 Å². The van der Waals surface area contributed by atoms with E-state index >= 15 is 0 Å². The molecule has 0 saturated carbocycles. The molecule has 0 bridgehead atoms. The van der Waals surface area contributed by atoms with Crippen molar-refractivity contribution in [1.29, 1.82) is 0 Å². The van der Waals surface area contributed by atoms with Crippen molar-refractivity contribution in [2.45, 2.75) is 46.2 Å². The van der Waals surface area contributed by atoms with Crippen LogP contribution in [0.3, 0.4) is 0 Å². The molecule has 3 heterocycles. The molecule has 5 heteroatoms. The second-order valence-electron chi connectivity index (χ2n) is 13.9. The molecule has 2 nitrogen and oxygen atoms in total. The third kappa shape index (κ3) is 8.09. The smallest absolute Gasteiger partial charge is 0.0799 e. The van der Waals surface area contributed by atoms with E-state index in [0.29, 0.717) is 0 Å². The molecular formula is C47H42IrN2SSi-2. The summed E-state index contributed by atoms with van der Waals surface area (Å²) in [7, 11) is -1.61. The fourth-order valence-electron chi connectivity index (χ4n) is 6.32. The van der Waals surface area contributed by atoms with E-state index in [4.69, 9.17) is 10.5 Å². The average Bonchev–Trinajstić information content (AvgIpc) is 3.56. The summed E-state index contributed by atoms with van der Waals surface area (Å²) in [5.41, 5.74) is 9.61. The average molecular weight is 891 g/mol. The van der Waals surface area contributed by atoms with Crippen molar-refractivity contribution in [2.75, 3.05) is 0 Å². The summed E-state index contributed by atoms with van der Waals surface area (Å²) in [6, 6.07) is 49.4. The molecule has 0 aliphatic rings. The van der Waals surface area contributed by atoms with Crippen LogP contribution in [0.25, 0.3) is 64.9 Å². The molecule has 0 saturated heterocycles. The van der Waals surface area contributed by atoms with E-state index in [9.17, 15) is 0 Å². The van der Waals surface area contributed by atoms with Gasteiger partial charge in [0.25, 0.3) is 0 Å². The van der Waals surface area contributed by atoms with Gasteiger partial charge in [-0.1, -0.05) is 136 Å². The summed E-state index contributed by atoms with van der Waals surface area (Å²) in [5.74, 6) is -0.716. The number of aryl methyl sites for hydroxylation is 1. The van der Waals surface area contributed by atoms with E-state index in [0.717, 1.165) is 28.1 Å². The second kappa shape index (κ2) is 16.0. The molecule has 0 amide bonds. The molecule has 52 heavy (non-hydrogen) atoms. The van der Waals surface area contributed by atoms with Crippen LogP contribution >= 0.6 is 11.3 Å². The molecule has 8 aromatic rings. The number of benzene rings is 5. The maximum atomic E-state index is 8.48. The Morgan fingerprint density at radius 3 is 2.06 bits per heavy atom. The number of pyridine rings is 2. The van der Waals surface area contributed by atoms with Crippen LogP contribution in [0.1, 0.15) is 36.4 Å². The Kier molecular flexibility index (Phi) is 9.91. The minimum absolute atomic E-state index is 0. The molecule has 1 radical (unpaired) electrons. The van der Waals surface area contributed by atoms with Gasteiger partial charge in [-0.3, -0.25) is 0 Å². The van der Waals surface area contributed by atoms with Gasteiger partial charge in [-0.05, 0) is 66.9 Å². The predicted molar refractivity (Wildman–Crippen MR) is 223 cm³/mol. The maximum absolute atomic E-state index is 8.48. The Labute approximate surface area is 332 Å². The van der Waals surface area contributed by atoms with E-state index < -0.39 is 20.8 Å². The molecular weight excluding hydrogens is 845 g/mol. The van der Waals surface area contributed by atoms with Crippen molar-refractivity contribution in [1.82, 2.24) is 9.97 Å². The van der Waals surface area contributed by atoms with Crippen molar-refractivity contribution < 1.29 is 25.6 Å². The minimum atomic E-state index is -2.13. The summed E-state index contributed by atoms with van der Waals surface area (Å²) in [6.45, 7) is 8.38. The first-order chi connectivity index (χ1) is 26.2. The summed E-state index contributed by atoms with van der Waals surface area (Å²) in [6.07, 6.45) is 3.78. The molecule has 261 valence electrons. The number of aromatic nitrogens is 2. The third-order valence-electron chi connectivity index (χ3n) is 9.00. The van der Waals surface area contributed by atoms with Crippen LogP contribution < -0.4 is 5.19 Å². The molecule has 0 aliphatic carbocycles. The number of thiophene rings is 1. The molecule has 0 aliphatic heterocycles. The van der Waals surface area contributed by atoms with Crippen molar-refractivity contribution in [3.63, 3.8) is 0 Å². The number of hydrogen-bond acceptors (Lipinski definition) is 3. The Hall–Kier alpha value is -4.51. The van der Waals surface area contributed by atoms with Gasteiger partial charge in [0.15, 0.2) is 0 Å². The first kappa shape index (κ1) is 32.2. The molecule has 0 unspecified atom stereocenters. The maximum Gasteiger partial charge on any atom is 0.0799 e. The summed E-state index contributed by atoms with van der Waals surface area (Å²) >= 11 is 1.82. The second-order valence-corrected chi connectivity index (χ2v) is 20.0. The zero-order valence-electron chi connectivity index (χ0n) is 33.9. The van der Waals surface area contributed by atoms with Crippen molar-refractivity contribution in [3.8, 4) is 44.8 Å². The van der Waals surface area contributed by atoms with E-state index in [-0.39, 0.29) is 25.7 Å². The number of rotatable bonds is 6. The summed E-state index contributed by atoms with van der Waals surface area (Å²) in [5, 5.41) is 3.74. The van der Waals surface area contributed by atoms with Gasteiger partial charge in [0, 0.05) is 42.7 Å². The van der Waals surface area contributed by atoms with Gasteiger partial charge in [0.2, 0.25) is 0 Å². The number of nitrogens with zero attached hydrogens (tertiary/aromatic N) is 2. The van der Waals surface area contributed by atoms with Gasteiger partial charge < -0.3 is 9.97 Å². The normalized spacial score (nSPS) is 12.9. The van der Waals surface area contributed by atoms with Gasteiger partial charge in [0.05, 0.1) is 8.07 Å². The molecule has 3 aromatic heterocycles. The topological polar surface area (TPSA) is 25.8 Å². The molecule has 8 rings (SSSR count). The minimum Gasteiger partial charge on any atom is -0.305 e. The van der Waals surface area contributed by atoms with Crippen LogP contribution in [0.5, 0.6) is 0 Å². The SMILES string of the molecule is [2H]C([2H])([2H])c1c[c-]c(-c2cc(C([2H])(C)C)c([Si](C)(C)C)cn2)cc1.[Ir].[c-]1ccc2c(sc3cc(-c4ccccc4)ccc32)c1-c1cc(-c2ccccc2)ccn1. The molecule has 0 spiro atoms. The van der Waals surface area contributed by atoms with E-state index in [2.05, 4.69) is 128 Å². The third-order valence-corrected chi connectivity index (χ3v) is 12.2. The molecule has 5 aromatic carbocycles. The van der Waals surface area contributed by atoms with Crippen molar-refractivity contribution in [2.24, 2.45) is 0 Å². The quantitative estimate of drug-likeness (QED) is 0.123. The van der Waals surface area contributed by atoms with Gasteiger partial charge in [-0.2, -0.15) is 11.3 Å².